The highest BCUT2D eigenvalue weighted by molar-refractivity contribution is 6.31. The Morgan fingerprint density at radius 1 is 1.00 bits per heavy atom. The van der Waals surface area contributed by atoms with E-state index in [2.05, 4.69) is 17.1 Å². The lowest BCUT2D eigenvalue weighted by Gasteiger charge is -2.13. The summed E-state index contributed by atoms with van der Waals surface area (Å²) < 4.78 is 0. The standard InChI is InChI=1S/C18H13NO/c20-16-10-5-8-14-17(15-9-3-4-11-19-15)12-6-1-2-7-13(12)18(14)16/h1-2,5-11H,3-4H2. The van der Waals surface area contributed by atoms with E-state index < -0.39 is 0 Å². The van der Waals surface area contributed by atoms with Crippen LogP contribution in [0.25, 0.3) is 11.1 Å². The molecule has 0 aromatic heterocycles. The highest BCUT2D eigenvalue weighted by Crippen LogP contribution is 2.33. The van der Waals surface area contributed by atoms with Crippen molar-refractivity contribution in [1.29, 1.82) is 0 Å². The van der Waals surface area contributed by atoms with Gasteiger partial charge in [-0.3, -0.25) is 9.79 Å². The van der Waals surface area contributed by atoms with Crippen LogP contribution in [0.2, 0.25) is 0 Å². The molecule has 0 spiro atoms. The smallest absolute Gasteiger partial charge is 0.187 e. The van der Waals surface area contributed by atoms with E-state index in [0.29, 0.717) is 0 Å². The monoisotopic (exact) mass is 259 g/mol. The van der Waals surface area contributed by atoms with Gasteiger partial charge in [0, 0.05) is 17.4 Å². The Balaban J connectivity index is 2.11. The van der Waals surface area contributed by atoms with E-state index in [1.54, 1.807) is 6.08 Å². The maximum absolute atomic E-state index is 12.2. The summed E-state index contributed by atoms with van der Waals surface area (Å²) in [6, 6.07) is 8.10. The first-order chi connectivity index (χ1) is 9.86. The quantitative estimate of drug-likeness (QED) is 0.756. The summed E-state index contributed by atoms with van der Waals surface area (Å²) in [7, 11) is 0. The fraction of sp³-hybridized carbons (Fsp3) is 0.111. The normalized spacial score (nSPS) is 19.7. The van der Waals surface area contributed by atoms with Gasteiger partial charge in [-0.15, -0.1) is 0 Å². The molecule has 3 aliphatic rings. The average Bonchev–Trinajstić information content (AvgIpc) is 2.84. The summed E-state index contributed by atoms with van der Waals surface area (Å²) in [6.07, 6.45) is 11.6. The Morgan fingerprint density at radius 3 is 2.55 bits per heavy atom. The lowest BCUT2D eigenvalue weighted by Crippen LogP contribution is -2.25. The van der Waals surface area contributed by atoms with Gasteiger partial charge in [0.25, 0.3) is 0 Å². The van der Waals surface area contributed by atoms with Crippen molar-refractivity contribution in [2.75, 3.05) is 0 Å². The molecule has 0 N–H and O–H groups in total. The third-order valence-corrected chi connectivity index (χ3v) is 3.88. The van der Waals surface area contributed by atoms with Gasteiger partial charge in [0.2, 0.25) is 0 Å². The zero-order valence-corrected chi connectivity index (χ0v) is 11.0. The van der Waals surface area contributed by atoms with Crippen molar-refractivity contribution in [3.8, 4) is 0 Å². The zero-order chi connectivity index (χ0) is 13.5. The van der Waals surface area contributed by atoms with Crippen LogP contribution in [0, 0.1) is 0 Å². The second kappa shape index (κ2) is 4.27. The number of carbonyl (C=O) groups is 1. The number of nitrogens with zero attached hydrogens (tertiary/aromatic N) is 1. The van der Waals surface area contributed by atoms with E-state index in [1.165, 1.54) is 0 Å². The fourth-order valence-electron chi connectivity index (χ4n) is 3.03. The van der Waals surface area contributed by atoms with Crippen molar-refractivity contribution in [3.63, 3.8) is 0 Å². The summed E-state index contributed by atoms with van der Waals surface area (Å²) in [4.78, 5) is 16.8. The summed E-state index contributed by atoms with van der Waals surface area (Å²) in [5, 5.41) is 2.15. The zero-order valence-electron chi connectivity index (χ0n) is 11.0. The van der Waals surface area contributed by atoms with Gasteiger partial charge in [-0.2, -0.15) is 0 Å². The van der Waals surface area contributed by atoms with Crippen molar-refractivity contribution in [3.05, 3.63) is 70.3 Å². The third kappa shape index (κ3) is 1.51. The van der Waals surface area contributed by atoms with Crippen LogP contribution in [-0.2, 0) is 4.79 Å². The number of aliphatic imine (C=N–C) groups is 1. The van der Waals surface area contributed by atoms with Crippen molar-refractivity contribution >= 4 is 23.1 Å². The van der Waals surface area contributed by atoms with Crippen LogP contribution in [0.3, 0.4) is 0 Å². The summed E-state index contributed by atoms with van der Waals surface area (Å²) in [5.74, 6) is 0.0883. The van der Waals surface area contributed by atoms with E-state index in [1.807, 2.05) is 36.6 Å². The van der Waals surface area contributed by atoms with Crippen LogP contribution >= 0.6 is 0 Å². The van der Waals surface area contributed by atoms with Gasteiger partial charge in [0.1, 0.15) is 0 Å². The molecule has 0 radical (unpaired) electrons. The minimum atomic E-state index is 0.0883. The van der Waals surface area contributed by atoms with Crippen LogP contribution < -0.4 is 10.4 Å². The van der Waals surface area contributed by atoms with Crippen LogP contribution in [-0.4, -0.2) is 12.0 Å². The van der Waals surface area contributed by atoms with Crippen molar-refractivity contribution < 1.29 is 4.79 Å². The Morgan fingerprint density at radius 2 is 1.80 bits per heavy atom. The molecule has 96 valence electrons. The van der Waals surface area contributed by atoms with E-state index >= 15 is 0 Å². The Hall–Kier alpha value is -2.48. The Kier molecular flexibility index (Phi) is 2.43. The molecule has 0 saturated carbocycles. The van der Waals surface area contributed by atoms with Gasteiger partial charge in [-0.1, -0.05) is 42.5 Å². The van der Waals surface area contributed by atoms with Gasteiger partial charge in [0.05, 0.1) is 5.70 Å². The predicted molar refractivity (Wildman–Crippen MR) is 80.5 cm³/mol. The molecule has 0 bridgehead atoms. The Bertz CT molecular complexity index is 863. The second-order valence-electron chi connectivity index (χ2n) is 5.08. The summed E-state index contributed by atoms with van der Waals surface area (Å²) in [5.41, 5.74) is 3.93. The molecule has 0 saturated heterocycles. The van der Waals surface area contributed by atoms with Gasteiger partial charge >= 0.3 is 0 Å². The molecule has 2 aliphatic carbocycles. The van der Waals surface area contributed by atoms with Crippen LogP contribution in [0.4, 0.5) is 0 Å². The van der Waals surface area contributed by atoms with E-state index in [0.717, 1.165) is 45.7 Å². The van der Waals surface area contributed by atoms with Gasteiger partial charge in [-0.25, -0.2) is 0 Å². The SMILES string of the molecule is O=C1C=CC=C2C1=c1ccccc1=C2C1=CCCC=N1. The first-order valence-electron chi connectivity index (χ1n) is 6.86. The molecular formula is C18H13NO. The molecule has 0 unspecified atom stereocenters. The largest absolute Gasteiger partial charge is 0.289 e. The molecule has 0 amide bonds. The average molecular weight is 259 g/mol. The summed E-state index contributed by atoms with van der Waals surface area (Å²) in [6.45, 7) is 0. The molecule has 1 aromatic carbocycles. The fourth-order valence-corrected chi connectivity index (χ4v) is 3.03. The van der Waals surface area contributed by atoms with Crippen molar-refractivity contribution in [2.45, 2.75) is 12.8 Å². The second-order valence-corrected chi connectivity index (χ2v) is 5.08. The topological polar surface area (TPSA) is 29.4 Å². The number of carbonyl (C=O) groups excluding carboxylic acids is 1. The molecule has 0 atom stereocenters. The van der Waals surface area contributed by atoms with E-state index in [4.69, 9.17) is 0 Å². The predicted octanol–water partition coefficient (Wildman–Crippen LogP) is 1.82. The van der Waals surface area contributed by atoms with Gasteiger partial charge < -0.3 is 0 Å². The molecule has 1 aliphatic heterocycles. The van der Waals surface area contributed by atoms with Gasteiger partial charge in [0.15, 0.2) is 5.78 Å². The molecule has 0 fully saturated rings. The number of hydrogen-bond acceptors (Lipinski definition) is 2. The third-order valence-electron chi connectivity index (χ3n) is 3.88. The van der Waals surface area contributed by atoms with Crippen LogP contribution in [0.1, 0.15) is 12.8 Å². The molecule has 4 rings (SSSR count). The van der Waals surface area contributed by atoms with Gasteiger partial charge in [-0.05, 0) is 34.9 Å². The molecule has 1 aromatic rings. The molecule has 20 heavy (non-hydrogen) atoms. The number of ketones is 1. The molecule has 1 heterocycles. The lowest BCUT2D eigenvalue weighted by atomic mass is 9.92. The lowest BCUT2D eigenvalue weighted by molar-refractivity contribution is -0.109. The number of benzene rings is 1. The minimum Gasteiger partial charge on any atom is -0.289 e. The number of fused-ring (bicyclic) bond motifs is 2. The van der Waals surface area contributed by atoms with Crippen molar-refractivity contribution in [1.82, 2.24) is 0 Å². The molecule has 2 nitrogen and oxygen atoms in total. The first kappa shape index (κ1) is 11.4. The van der Waals surface area contributed by atoms with E-state index in [-0.39, 0.29) is 5.78 Å². The highest BCUT2D eigenvalue weighted by Gasteiger charge is 2.27. The van der Waals surface area contributed by atoms with E-state index in [9.17, 15) is 4.79 Å². The Labute approximate surface area is 116 Å². The highest BCUT2D eigenvalue weighted by atomic mass is 16.1. The maximum Gasteiger partial charge on any atom is 0.187 e. The summed E-state index contributed by atoms with van der Waals surface area (Å²) >= 11 is 0. The van der Waals surface area contributed by atoms with Crippen LogP contribution in [0.15, 0.2) is 64.8 Å². The van der Waals surface area contributed by atoms with Crippen LogP contribution in [0.5, 0.6) is 0 Å². The van der Waals surface area contributed by atoms with Crippen molar-refractivity contribution in [2.24, 2.45) is 4.99 Å². The molecule has 2 heteroatoms. The number of allylic oxidation sites excluding steroid dienone is 5. The number of hydrogen-bond donors (Lipinski definition) is 0. The maximum atomic E-state index is 12.2. The number of rotatable bonds is 1. The first-order valence-corrected chi connectivity index (χ1v) is 6.86. The minimum absolute atomic E-state index is 0.0883. The molecular weight excluding hydrogens is 246 g/mol.